The van der Waals surface area contributed by atoms with E-state index in [1.807, 2.05) is 18.3 Å². The van der Waals surface area contributed by atoms with Crippen molar-refractivity contribution in [1.82, 2.24) is 19.6 Å². The minimum atomic E-state index is -3.12. The van der Waals surface area contributed by atoms with E-state index < -0.39 is 18.1 Å². The van der Waals surface area contributed by atoms with Crippen LogP contribution in [0.4, 0.5) is 11.6 Å². The minimum absolute atomic E-state index is 0. The number of halogens is 1. The van der Waals surface area contributed by atoms with E-state index >= 15 is 0 Å². The van der Waals surface area contributed by atoms with Crippen LogP contribution in [-0.2, 0) is 10.0 Å². The highest BCUT2D eigenvalue weighted by atomic mass is 35.5. The van der Waals surface area contributed by atoms with Crippen molar-refractivity contribution in [2.24, 2.45) is 0 Å². The average molecular weight is 645 g/mol. The lowest BCUT2D eigenvalue weighted by molar-refractivity contribution is 0.287. The number of fused-ring (bicyclic) bond motifs is 4. The standard InChI is InChI=1S/C16H23N3Si.C14H17N3O2S.2CH4.ClH/c1-20(2,3)9-8-13-4-7-16(17-10-13)19-11-14-5-6-15(12-19)18-14;1-3-11-4-7-14(15-8-11)16-9-12-5-6-13(10-16)17(12)20(2,18)19;;;/h4,7,10,14-15,18H,5-6,11-12H2,1-3H3;1,4,7-8,12-13H,5-6,9-10H2,2H3;2*1H4;1H. The summed E-state index contributed by atoms with van der Waals surface area (Å²) in [7, 11) is -4.42. The number of aromatic nitrogens is 2. The molecule has 8 nitrogen and oxygen atoms in total. The molecule has 4 aliphatic heterocycles. The molecule has 0 aliphatic carbocycles. The summed E-state index contributed by atoms with van der Waals surface area (Å²) in [6.07, 6.45) is 14.7. The van der Waals surface area contributed by atoms with Gasteiger partial charge < -0.3 is 15.1 Å². The summed E-state index contributed by atoms with van der Waals surface area (Å²) in [6, 6.07) is 9.45. The quantitative estimate of drug-likeness (QED) is 0.386. The number of rotatable bonds is 3. The Bertz CT molecular complexity index is 1390. The Morgan fingerprint density at radius 1 is 0.837 bits per heavy atom. The largest absolute Gasteiger partial charge is 0.353 e. The molecular weight excluding hydrogens is 596 g/mol. The van der Waals surface area contributed by atoms with E-state index in [4.69, 9.17) is 6.42 Å². The van der Waals surface area contributed by atoms with Crippen molar-refractivity contribution in [2.45, 2.75) is 84.3 Å². The second-order valence-electron chi connectivity index (χ2n) is 12.4. The molecule has 0 radical (unpaired) electrons. The molecule has 2 aromatic heterocycles. The van der Waals surface area contributed by atoms with E-state index in [1.165, 1.54) is 19.1 Å². The predicted octanol–water partition coefficient (Wildman–Crippen LogP) is 4.62. The molecule has 4 bridgehead atoms. The van der Waals surface area contributed by atoms with Crippen molar-refractivity contribution < 1.29 is 8.42 Å². The molecule has 6 rings (SSSR count). The molecule has 236 valence electrons. The summed E-state index contributed by atoms with van der Waals surface area (Å²) in [5, 5.41) is 3.65. The van der Waals surface area contributed by atoms with Crippen LogP contribution in [0, 0.1) is 23.8 Å². The number of pyridine rings is 2. The Morgan fingerprint density at radius 2 is 1.33 bits per heavy atom. The van der Waals surface area contributed by atoms with Gasteiger partial charge in [-0.1, -0.05) is 46.3 Å². The third-order valence-corrected chi connectivity index (χ3v) is 10.1. The van der Waals surface area contributed by atoms with E-state index in [2.05, 4.69) is 74.2 Å². The second kappa shape index (κ2) is 14.9. The fourth-order valence-electron chi connectivity index (χ4n) is 6.14. The van der Waals surface area contributed by atoms with Crippen LogP contribution < -0.4 is 15.1 Å². The van der Waals surface area contributed by atoms with Gasteiger partial charge >= 0.3 is 0 Å². The van der Waals surface area contributed by atoms with Crippen LogP contribution in [0.5, 0.6) is 0 Å². The van der Waals surface area contributed by atoms with Gasteiger partial charge in [0.15, 0.2) is 0 Å². The summed E-state index contributed by atoms with van der Waals surface area (Å²) in [5.74, 6) is 7.78. The highest BCUT2D eigenvalue weighted by Crippen LogP contribution is 2.33. The van der Waals surface area contributed by atoms with Crippen molar-refractivity contribution in [3.63, 3.8) is 0 Å². The maximum atomic E-state index is 11.8. The number of anilines is 2. The van der Waals surface area contributed by atoms with Gasteiger partial charge in [-0.25, -0.2) is 18.4 Å². The molecule has 4 aliphatic rings. The average Bonchev–Trinajstić information content (AvgIpc) is 3.41. The molecule has 4 atom stereocenters. The molecule has 11 heteroatoms. The normalized spacial score (nSPS) is 24.1. The molecular formula is C32H49ClN6O2SSi. The van der Waals surface area contributed by atoms with Crippen LogP contribution >= 0.6 is 12.4 Å². The van der Waals surface area contributed by atoms with E-state index in [-0.39, 0.29) is 39.3 Å². The lowest BCUT2D eigenvalue weighted by atomic mass is 10.2. The zero-order chi connectivity index (χ0) is 28.5. The maximum Gasteiger partial charge on any atom is 0.211 e. The first-order valence-corrected chi connectivity index (χ1v) is 19.5. The summed E-state index contributed by atoms with van der Waals surface area (Å²) in [4.78, 5) is 13.6. The Morgan fingerprint density at radius 3 is 1.74 bits per heavy atom. The lowest BCUT2D eigenvalue weighted by Gasteiger charge is -2.40. The van der Waals surface area contributed by atoms with E-state index in [9.17, 15) is 8.42 Å². The number of hydrogen-bond acceptors (Lipinski definition) is 7. The smallest absolute Gasteiger partial charge is 0.211 e. The topological polar surface area (TPSA) is 81.7 Å². The fraction of sp³-hybridized carbons (Fsp3) is 0.562. The molecule has 0 saturated carbocycles. The molecule has 43 heavy (non-hydrogen) atoms. The lowest BCUT2D eigenvalue weighted by Crippen LogP contribution is -2.55. The highest BCUT2D eigenvalue weighted by Gasteiger charge is 2.44. The van der Waals surface area contributed by atoms with Crippen molar-refractivity contribution >= 4 is 42.1 Å². The Labute approximate surface area is 267 Å². The number of nitrogens with zero attached hydrogens (tertiary/aromatic N) is 5. The number of piperazine rings is 2. The number of terminal acetylenes is 1. The molecule has 0 aromatic carbocycles. The summed E-state index contributed by atoms with van der Waals surface area (Å²) < 4.78 is 25.4. The Balaban J connectivity index is 0.000000281. The third-order valence-electron chi connectivity index (χ3n) is 7.91. The zero-order valence-electron chi connectivity index (χ0n) is 24.4. The van der Waals surface area contributed by atoms with Crippen molar-refractivity contribution in [1.29, 1.82) is 0 Å². The maximum absolute atomic E-state index is 11.8. The zero-order valence-corrected chi connectivity index (χ0v) is 27.0. The summed E-state index contributed by atoms with van der Waals surface area (Å²) in [6.45, 7) is 10.4. The second-order valence-corrected chi connectivity index (χ2v) is 19.0. The van der Waals surface area contributed by atoms with E-state index in [1.54, 1.807) is 10.5 Å². The van der Waals surface area contributed by atoms with E-state index in [0.29, 0.717) is 25.2 Å². The number of nitrogens with one attached hydrogen (secondary N) is 1. The van der Waals surface area contributed by atoms with Gasteiger partial charge in [-0.05, 0) is 49.9 Å². The monoisotopic (exact) mass is 644 g/mol. The van der Waals surface area contributed by atoms with Gasteiger partial charge in [-0.2, -0.15) is 4.31 Å². The molecule has 4 unspecified atom stereocenters. The van der Waals surface area contributed by atoms with Gasteiger partial charge in [0.25, 0.3) is 0 Å². The van der Waals surface area contributed by atoms with Crippen LogP contribution in [0.2, 0.25) is 19.6 Å². The third kappa shape index (κ3) is 9.20. The first-order valence-electron chi connectivity index (χ1n) is 14.1. The van der Waals surface area contributed by atoms with Gasteiger partial charge in [0.05, 0.1) is 6.26 Å². The van der Waals surface area contributed by atoms with Gasteiger partial charge in [-0.3, -0.25) is 0 Å². The van der Waals surface area contributed by atoms with E-state index in [0.717, 1.165) is 48.7 Å². The summed E-state index contributed by atoms with van der Waals surface area (Å²) in [5.41, 5.74) is 5.18. The van der Waals surface area contributed by atoms with Crippen LogP contribution in [-0.4, -0.2) is 87.4 Å². The van der Waals surface area contributed by atoms with Gasteiger partial charge in [0.1, 0.15) is 19.7 Å². The van der Waals surface area contributed by atoms with Crippen LogP contribution in [0.1, 0.15) is 51.7 Å². The summed E-state index contributed by atoms with van der Waals surface area (Å²) >= 11 is 0. The number of sulfonamides is 1. The van der Waals surface area contributed by atoms with Crippen molar-refractivity contribution in [2.75, 3.05) is 42.2 Å². The SMILES string of the molecule is C.C.C#Cc1ccc(N2CC3CCC(C2)N3S(C)(=O)=O)nc1.C[Si](C)(C)C#Cc1ccc(N2CC3CCC(C2)N3)nc1.Cl. The molecule has 1 N–H and O–H groups in total. The minimum Gasteiger partial charge on any atom is -0.353 e. The molecule has 2 aromatic rings. The van der Waals surface area contributed by atoms with Crippen molar-refractivity contribution in [3.05, 3.63) is 47.8 Å². The molecule has 4 fully saturated rings. The van der Waals surface area contributed by atoms with Gasteiger partial charge in [-0.15, -0.1) is 24.4 Å². The first-order chi connectivity index (χ1) is 19.0. The molecule has 0 spiro atoms. The van der Waals surface area contributed by atoms with Crippen molar-refractivity contribution in [3.8, 4) is 23.8 Å². The Kier molecular flexibility index (Phi) is 12.7. The fourth-order valence-corrected chi connectivity index (χ4v) is 8.09. The predicted molar refractivity (Wildman–Crippen MR) is 185 cm³/mol. The van der Waals surface area contributed by atoms with Crippen LogP contribution in [0.25, 0.3) is 0 Å². The van der Waals surface area contributed by atoms with Gasteiger partial charge in [0.2, 0.25) is 10.0 Å². The van der Waals surface area contributed by atoms with Gasteiger partial charge in [0, 0.05) is 73.9 Å². The first kappa shape index (κ1) is 36.6. The molecule has 0 amide bonds. The van der Waals surface area contributed by atoms with Crippen LogP contribution in [0.15, 0.2) is 36.7 Å². The van der Waals surface area contributed by atoms with Crippen LogP contribution in [0.3, 0.4) is 0 Å². The molecule has 6 heterocycles. The number of hydrogen-bond donors (Lipinski definition) is 1. The molecule has 4 saturated heterocycles. The Hall–Kier alpha value is -2.60. The highest BCUT2D eigenvalue weighted by molar-refractivity contribution is 7.88.